The Bertz CT molecular complexity index is 799. The number of hydrogen-bond acceptors (Lipinski definition) is 2. The third-order valence-corrected chi connectivity index (χ3v) is 4.87. The van der Waals surface area contributed by atoms with E-state index in [1.165, 1.54) is 11.3 Å². The molecule has 3 aromatic rings. The molecule has 0 aliphatic heterocycles. The Hall–Kier alpha value is -1.91. The smallest absolute Gasteiger partial charge is 0.263 e. The summed E-state index contributed by atoms with van der Waals surface area (Å²) in [5.41, 5.74) is 2.17. The zero-order valence-corrected chi connectivity index (χ0v) is 13.0. The number of hydrogen-bond donors (Lipinski definition) is 1. The van der Waals surface area contributed by atoms with E-state index in [0.29, 0.717) is 16.4 Å². The molecule has 0 atom stereocenters. The number of rotatable bonds is 3. The fraction of sp³-hybridized carbons (Fsp3) is 0.125. The molecule has 1 aromatic carbocycles. The quantitative estimate of drug-likeness (QED) is 0.788. The van der Waals surface area contributed by atoms with E-state index in [1.807, 2.05) is 43.6 Å². The van der Waals surface area contributed by atoms with Gasteiger partial charge in [0.05, 0.1) is 5.02 Å². The van der Waals surface area contributed by atoms with Crippen LogP contribution >= 0.6 is 22.9 Å². The van der Waals surface area contributed by atoms with Gasteiger partial charge >= 0.3 is 0 Å². The predicted octanol–water partition coefficient (Wildman–Crippen LogP) is 3.61. The summed E-state index contributed by atoms with van der Waals surface area (Å²) >= 11 is 7.76. The SMILES string of the molecule is Cc1ccc2c(Cl)c(C(=O)NCc3ccc[nH+]c3)sc2c1. The van der Waals surface area contributed by atoms with Gasteiger partial charge in [-0.1, -0.05) is 23.7 Å². The lowest BCUT2D eigenvalue weighted by Gasteiger charge is -2.02. The number of benzene rings is 1. The van der Waals surface area contributed by atoms with Gasteiger partial charge in [-0.05, 0) is 24.6 Å². The van der Waals surface area contributed by atoms with E-state index >= 15 is 0 Å². The monoisotopic (exact) mass is 317 g/mol. The van der Waals surface area contributed by atoms with Crippen LogP contribution in [0.25, 0.3) is 10.1 Å². The number of thiophene rings is 1. The van der Waals surface area contributed by atoms with Gasteiger partial charge in [0.15, 0.2) is 12.4 Å². The Morgan fingerprint density at radius 3 is 3.00 bits per heavy atom. The topological polar surface area (TPSA) is 43.2 Å². The molecule has 0 saturated heterocycles. The molecular formula is C16H14ClN2OS+. The summed E-state index contributed by atoms with van der Waals surface area (Å²) in [6.45, 7) is 2.50. The molecule has 2 aromatic heterocycles. The molecule has 1 amide bonds. The van der Waals surface area contributed by atoms with Gasteiger partial charge in [0.25, 0.3) is 5.91 Å². The molecule has 0 unspecified atom stereocenters. The molecule has 3 rings (SSSR count). The first-order valence-electron chi connectivity index (χ1n) is 6.57. The standard InChI is InChI=1S/C16H13ClN2OS/c1-10-4-5-12-13(7-10)21-15(14(12)17)16(20)19-9-11-3-2-6-18-8-11/h2-8H,9H2,1H3,(H,19,20)/p+1. The zero-order valence-electron chi connectivity index (χ0n) is 11.4. The van der Waals surface area contributed by atoms with Gasteiger partial charge in [-0.25, -0.2) is 4.98 Å². The van der Waals surface area contributed by atoms with Crippen molar-refractivity contribution in [1.29, 1.82) is 0 Å². The van der Waals surface area contributed by atoms with Crippen molar-refractivity contribution in [3.8, 4) is 0 Å². The number of pyridine rings is 1. The Morgan fingerprint density at radius 1 is 1.38 bits per heavy atom. The molecule has 3 nitrogen and oxygen atoms in total. The summed E-state index contributed by atoms with van der Waals surface area (Å²) < 4.78 is 1.04. The van der Waals surface area contributed by atoms with Crippen molar-refractivity contribution in [3.63, 3.8) is 0 Å². The highest BCUT2D eigenvalue weighted by Gasteiger charge is 2.17. The van der Waals surface area contributed by atoms with Gasteiger partial charge in [-0.3, -0.25) is 4.79 Å². The second-order valence-corrected chi connectivity index (χ2v) is 6.27. The van der Waals surface area contributed by atoms with Crippen molar-refractivity contribution in [2.75, 3.05) is 0 Å². The summed E-state index contributed by atoms with van der Waals surface area (Å²) in [7, 11) is 0. The van der Waals surface area contributed by atoms with Gasteiger partial charge in [0.1, 0.15) is 4.88 Å². The largest absolute Gasteiger partial charge is 0.347 e. The third kappa shape index (κ3) is 2.91. The number of nitrogens with one attached hydrogen (secondary N) is 2. The van der Waals surface area contributed by atoms with E-state index in [1.54, 1.807) is 0 Å². The van der Waals surface area contributed by atoms with Crippen LogP contribution in [0.2, 0.25) is 5.02 Å². The molecule has 0 spiro atoms. The number of H-pyrrole nitrogens is 1. The molecule has 0 radical (unpaired) electrons. The zero-order chi connectivity index (χ0) is 14.8. The molecule has 0 saturated carbocycles. The molecule has 5 heteroatoms. The van der Waals surface area contributed by atoms with Crippen LogP contribution in [-0.4, -0.2) is 5.91 Å². The maximum Gasteiger partial charge on any atom is 0.263 e. The number of fused-ring (bicyclic) bond motifs is 1. The lowest BCUT2D eigenvalue weighted by atomic mass is 10.2. The minimum Gasteiger partial charge on any atom is -0.347 e. The van der Waals surface area contributed by atoms with Crippen LogP contribution in [0.4, 0.5) is 0 Å². The molecule has 0 aliphatic carbocycles. The van der Waals surface area contributed by atoms with E-state index in [-0.39, 0.29) is 5.91 Å². The van der Waals surface area contributed by atoms with E-state index in [4.69, 9.17) is 11.6 Å². The van der Waals surface area contributed by atoms with Crippen molar-refractivity contribution >= 4 is 38.9 Å². The average molecular weight is 318 g/mol. The summed E-state index contributed by atoms with van der Waals surface area (Å²) in [5, 5.41) is 4.37. The van der Waals surface area contributed by atoms with Gasteiger partial charge in [-0.2, -0.15) is 0 Å². The molecule has 0 aliphatic rings. The van der Waals surface area contributed by atoms with Gasteiger partial charge in [-0.15, -0.1) is 11.3 Å². The molecule has 106 valence electrons. The van der Waals surface area contributed by atoms with E-state index < -0.39 is 0 Å². The van der Waals surface area contributed by atoms with Crippen LogP contribution < -0.4 is 10.3 Å². The number of halogens is 1. The van der Waals surface area contributed by atoms with Crippen LogP contribution in [0.1, 0.15) is 20.8 Å². The summed E-state index contributed by atoms with van der Waals surface area (Å²) in [5.74, 6) is -0.136. The van der Waals surface area contributed by atoms with E-state index in [0.717, 1.165) is 21.2 Å². The number of carbonyl (C=O) groups excluding carboxylic acids is 1. The highest BCUT2D eigenvalue weighted by molar-refractivity contribution is 7.21. The second-order valence-electron chi connectivity index (χ2n) is 4.84. The van der Waals surface area contributed by atoms with Gasteiger partial charge in [0.2, 0.25) is 0 Å². The van der Waals surface area contributed by atoms with Gasteiger partial charge in [0, 0.05) is 28.3 Å². The van der Waals surface area contributed by atoms with Crippen molar-refractivity contribution in [2.24, 2.45) is 0 Å². The molecule has 0 bridgehead atoms. The average Bonchev–Trinajstić information content (AvgIpc) is 2.82. The Morgan fingerprint density at radius 2 is 2.24 bits per heavy atom. The summed E-state index contributed by atoms with van der Waals surface area (Å²) in [6.07, 6.45) is 3.69. The number of amides is 1. The normalized spacial score (nSPS) is 10.8. The fourth-order valence-corrected chi connectivity index (χ4v) is 3.65. The molecule has 21 heavy (non-hydrogen) atoms. The first kappa shape index (κ1) is 14.0. The maximum atomic E-state index is 12.3. The van der Waals surface area contributed by atoms with E-state index in [2.05, 4.69) is 16.4 Å². The lowest BCUT2D eigenvalue weighted by Crippen LogP contribution is -2.22. The number of carbonyl (C=O) groups is 1. The van der Waals surface area contributed by atoms with E-state index in [9.17, 15) is 4.79 Å². The Labute approximate surface area is 131 Å². The fourth-order valence-electron chi connectivity index (χ4n) is 2.12. The molecular weight excluding hydrogens is 304 g/mol. The highest BCUT2D eigenvalue weighted by Crippen LogP contribution is 2.35. The Balaban J connectivity index is 1.83. The van der Waals surface area contributed by atoms with Crippen molar-refractivity contribution < 1.29 is 9.78 Å². The number of aromatic amines is 1. The minimum atomic E-state index is -0.136. The van der Waals surface area contributed by atoms with Crippen LogP contribution in [0.5, 0.6) is 0 Å². The molecule has 2 N–H and O–H groups in total. The molecule has 0 fully saturated rings. The lowest BCUT2D eigenvalue weighted by molar-refractivity contribution is -0.378. The first-order chi connectivity index (χ1) is 10.1. The van der Waals surface area contributed by atoms with Crippen LogP contribution in [0, 0.1) is 6.92 Å². The summed E-state index contributed by atoms with van der Waals surface area (Å²) in [6, 6.07) is 9.87. The third-order valence-electron chi connectivity index (χ3n) is 3.22. The van der Waals surface area contributed by atoms with Crippen molar-refractivity contribution in [1.82, 2.24) is 5.32 Å². The van der Waals surface area contributed by atoms with Gasteiger partial charge < -0.3 is 5.32 Å². The number of aryl methyl sites for hydroxylation is 1. The number of aromatic nitrogens is 1. The minimum absolute atomic E-state index is 0.136. The predicted molar refractivity (Wildman–Crippen MR) is 85.7 cm³/mol. The highest BCUT2D eigenvalue weighted by atomic mass is 35.5. The van der Waals surface area contributed by atoms with Crippen LogP contribution in [0.3, 0.4) is 0 Å². The van der Waals surface area contributed by atoms with Crippen LogP contribution in [0.15, 0.2) is 42.7 Å². The van der Waals surface area contributed by atoms with Crippen LogP contribution in [-0.2, 0) is 6.54 Å². The first-order valence-corrected chi connectivity index (χ1v) is 7.76. The maximum absolute atomic E-state index is 12.3. The second kappa shape index (κ2) is 5.84. The van der Waals surface area contributed by atoms with Crippen molar-refractivity contribution in [2.45, 2.75) is 13.5 Å². The molecule has 2 heterocycles. The summed E-state index contributed by atoms with van der Waals surface area (Å²) in [4.78, 5) is 15.9. The van der Waals surface area contributed by atoms with Crippen molar-refractivity contribution in [3.05, 3.63) is 63.8 Å². The Kier molecular flexibility index (Phi) is 3.90.